The van der Waals surface area contributed by atoms with E-state index in [9.17, 15) is 4.79 Å². The second-order valence-corrected chi connectivity index (χ2v) is 5.56. The summed E-state index contributed by atoms with van der Waals surface area (Å²) < 4.78 is 10.4. The highest BCUT2D eigenvalue weighted by Crippen LogP contribution is 2.28. The van der Waals surface area contributed by atoms with Gasteiger partial charge in [0, 0.05) is 32.7 Å². The molecule has 0 N–H and O–H groups in total. The lowest BCUT2D eigenvalue weighted by Gasteiger charge is -2.46. The maximum Gasteiger partial charge on any atom is 0.318 e. The number of fused-ring (bicyclic) bond motifs is 3. The molecule has 116 valence electrons. The van der Waals surface area contributed by atoms with Gasteiger partial charge in [-0.3, -0.25) is 14.6 Å². The summed E-state index contributed by atoms with van der Waals surface area (Å²) in [6.45, 7) is 9.33. The molecule has 0 aromatic carbocycles. The third kappa shape index (κ3) is 2.80. The number of hydrogen-bond acceptors (Lipinski definition) is 7. The Bertz CT molecular complexity index is 496. The van der Waals surface area contributed by atoms with E-state index >= 15 is 0 Å². The predicted molar refractivity (Wildman–Crippen MR) is 74.7 cm³/mol. The van der Waals surface area contributed by atoms with E-state index in [2.05, 4.69) is 19.9 Å². The van der Waals surface area contributed by atoms with Gasteiger partial charge in [-0.05, 0) is 13.3 Å². The lowest BCUT2D eigenvalue weighted by atomic mass is 10.1. The molecule has 0 radical (unpaired) electrons. The van der Waals surface area contributed by atoms with Crippen LogP contribution < -0.4 is 0 Å². The van der Waals surface area contributed by atoms with Crippen LogP contribution in [0.1, 0.15) is 43.9 Å². The van der Waals surface area contributed by atoms with E-state index in [0.717, 1.165) is 32.7 Å². The first-order chi connectivity index (χ1) is 10.2. The van der Waals surface area contributed by atoms with E-state index in [1.54, 1.807) is 6.92 Å². The van der Waals surface area contributed by atoms with Crippen LogP contribution in [0.3, 0.4) is 0 Å². The molecule has 0 aliphatic carbocycles. The largest absolute Gasteiger partial charge is 0.465 e. The van der Waals surface area contributed by atoms with E-state index in [0.29, 0.717) is 24.7 Å². The molecule has 3 aliphatic rings. The van der Waals surface area contributed by atoms with Gasteiger partial charge in [0.2, 0.25) is 5.89 Å². The van der Waals surface area contributed by atoms with Gasteiger partial charge in [0.1, 0.15) is 5.92 Å². The highest BCUT2D eigenvalue weighted by atomic mass is 16.5. The number of carbonyl (C=O) groups is 1. The van der Waals surface area contributed by atoms with Crippen molar-refractivity contribution in [2.24, 2.45) is 0 Å². The highest BCUT2D eigenvalue weighted by molar-refractivity contribution is 5.76. The lowest BCUT2D eigenvalue weighted by molar-refractivity contribution is -0.145. The summed E-state index contributed by atoms with van der Waals surface area (Å²) in [7, 11) is 0. The zero-order valence-electron chi connectivity index (χ0n) is 12.6. The quantitative estimate of drug-likeness (QED) is 0.744. The van der Waals surface area contributed by atoms with Crippen LogP contribution in [0.2, 0.25) is 0 Å². The number of esters is 1. The number of rotatable bonds is 5. The van der Waals surface area contributed by atoms with Crippen molar-refractivity contribution in [2.75, 3.05) is 39.3 Å². The number of piperazine rings is 3. The standard InChI is InChI=1S/C14H22N4O3/c1-3-10(14(19)20-4-2)13-15-12(16-21-13)11-9-17-5-7-18(11)8-6-17/h10-11H,3-9H2,1-2H3. The van der Waals surface area contributed by atoms with Crippen molar-refractivity contribution in [3.63, 3.8) is 0 Å². The van der Waals surface area contributed by atoms with Gasteiger partial charge in [-0.1, -0.05) is 12.1 Å². The first kappa shape index (κ1) is 14.5. The summed E-state index contributed by atoms with van der Waals surface area (Å²) in [5, 5.41) is 4.11. The SMILES string of the molecule is CCOC(=O)C(CC)c1nc(C2CN3CCN2CC3)no1. The first-order valence-corrected chi connectivity index (χ1v) is 7.69. The van der Waals surface area contributed by atoms with Crippen LogP contribution in [0.15, 0.2) is 4.52 Å². The predicted octanol–water partition coefficient (Wildman–Crippen LogP) is 0.799. The summed E-state index contributed by atoms with van der Waals surface area (Å²) in [4.78, 5) is 21.2. The molecular formula is C14H22N4O3. The fraction of sp³-hybridized carbons (Fsp3) is 0.786. The van der Waals surface area contributed by atoms with Crippen LogP contribution in [0.4, 0.5) is 0 Å². The number of aromatic nitrogens is 2. The van der Waals surface area contributed by atoms with Crippen molar-refractivity contribution in [2.45, 2.75) is 32.2 Å². The molecule has 1 aromatic rings. The van der Waals surface area contributed by atoms with Crippen molar-refractivity contribution < 1.29 is 14.1 Å². The van der Waals surface area contributed by atoms with Gasteiger partial charge in [-0.2, -0.15) is 4.98 Å². The fourth-order valence-electron chi connectivity index (χ4n) is 3.07. The van der Waals surface area contributed by atoms with Gasteiger partial charge in [0.15, 0.2) is 5.82 Å². The molecule has 4 rings (SSSR count). The Hall–Kier alpha value is -1.47. The molecule has 3 saturated heterocycles. The maximum atomic E-state index is 11.9. The molecule has 21 heavy (non-hydrogen) atoms. The van der Waals surface area contributed by atoms with Crippen LogP contribution in [0, 0.1) is 0 Å². The normalized spacial score (nSPS) is 29.3. The highest BCUT2D eigenvalue weighted by Gasteiger charge is 2.36. The number of hydrogen-bond donors (Lipinski definition) is 0. The van der Waals surface area contributed by atoms with Crippen LogP contribution in [0.5, 0.6) is 0 Å². The Morgan fingerprint density at radius 2 is 2.14 bits per heavy atom. The van der Waals surface area contributed by atoms with E-state index < -0.39 is 5.92 Å². The van der Waals surface area contributed by atoms with Gasteiger partial charge < -0.3 is 9.26 Å². The fourth-order valence-corrected chi connectivity index (χ4v) is 3.07. The van der Waals surface area contributed by atoms with Crippen LogP contribution >= 0.6 is 0 Å². The Kier molecular flexibility index (Phi) is 4.21. The van der Waals surface area contributed by atoms with Crippen molar-refractivity contribution in [3.8, 4) is 0 Å². The third-order valence-electron chi connectivity index (χ3n) is 4.31. The molecule has 0 amide bonds. The summed E-state index contributed by atoms with van der Waals surface area (Å²) in [5.74, 6) is 0.326. The third-order valence-corrected chi connectivity index (χ3v) is 4.31. The molecule has 7 heteroatoms. The summed E-state index contributed by atoms with van der Waals surface area (Å²) in [6, 6.07) is 0.185. The minimum absolute atomic E-state index is 0.185. The molecule has 4 heterocycles. The topological polar surface area (TPSA) is 71.7 Å². The van der Waals surface area contributed by atoms with E-state index in [1.807, 2.05) is 6.92 Å². The summed E-state index contributed by atoms with van der Waals surface area (Å²) in [6.07, 6.45) is 0.598. The molecule has 0 spiro atoms. The molecule has 2 unspecified atom stereocenters. The zero-order valence-corrected chi connectivity index (χ0v) is 12.6. The molecule has 3 aliphatic heterocycles. The number of ether oxygens (including phenoxy) is 1. The van der Waals surface area contributed by atoms with Gasteiger partial charge >= 0.3 is 5.97 Å². The Morgan fingerprint density at radius 1 is 1.38 bits per heavy atom. The Morgan fingerprint density at radius 3 is 2.71 bits per heavy atom. The molecular weight excluding hydrogens is 272 g/mol. The maximum absolute atomic E-state index is 11.9. The van der Waals surface area contributed by atoms with E-state index in [1.165, 1.54) is 0 Å². The Labute approximate surface area is 124 Å². The number of carbonyl (C=O) groups excluding carboxylic acids is 1. The molecule has 2 atom stereocenters. The van der Waals surface area contributed by atoms with Gasteiger partial charge in [-0.15, -0.1) is 0 Å². The minimum Gasteiger partial charge on any atom is -0.465 e. The summed E-state index contributed by atoms with van der Waals surface area (Å²) in [5.41, 5.74) is 0. The summed E-state index contributed by atoms with van der Waals surface area (Å²) >= 11 is 0. The molecule has 0 saturated carbocycles. The Balaban J connectivity index is 1.75. The first-order valence-electron chi connectivity index (χ1n) is 7.69. The van der Waals surface area contributed by atoms with Crippen molar-refractivity contribution in [1.29, 1.82) is 0 Å². The van der Waals surface area contributed by atoms with Gasteiger partial charge in [-0.25, -0.2) is 0 Å². The number of nitrogens with zero attached hydrogens (tertiary/aromatic N) is 4. The van der Waals surface area contributed by atoms with Crippen LogP contribution in [0.25, 0.3) is 0 Å². The smallest absolute Gasteiger partial charge is 0.318 e. The monoisotopic (exact) mass is 294 g/mol. The van der Waals surface area contributed by atoms with Gasteiger partial charge in [0.05, 0.1) is 12.6 Å². The minimum atomic E-state index is -0.456. The second-order valence-electron chi connectivity index (χ2n) is 5.56. The molecule has 2 bridgehead atoms. The van der Waals surface area contributed by atoms with Gasteiger partial charge in [0.25, 0.3) is 0 Å². The second kappa shape index (κ2) is 6.11. The average molecular weight is 294 g/mol. The zero-order chi connectivity index (χ0) is 14.8. The van der Waals surface area contributed by atoms with Crippen LogP contribution in [-0.4, -0.2) is 65.2 Å². The average Bonchev–Trinajstić information content (AvgIpc) is 2.99. The molecule has 1 aromatic heterocycles. The molecule has 7 nitrogen and oxygen atoms in total. The van der Waals surface area contributed by atoms with Crippen molar-refractivity contribution in [3.05, 3.63) is 11.7 Å². The molecule has 3 fully saturated rings. The van der Waals surface area contributed by atoms with E-state index in [4.69, 9.17) is 9.26 Å². The van der Waals surface area contributed by atoms with Crippen molar-refractivity contribution >= 4 is 5.97 Å². The van der Waals surface area contributed by atoms with Crippen molar-refractivity contribution in [1.82, 2.24) is 19.9 Å². The van der Waals surface area contributed by atoms with E-state index in [-0.39, 0.29) is 12.0 Å². The lowest BCUT2D eigenvalue weighted by Crippen LogP contribution is -2.57. The van der Waals surface area contributed by atoms with Crippen LogP contribution in [-0.2, 0) is 9.53 Å².